The van der Waals surface area contributed by atoms with Crippen molar-refractivity contribution in [3.63, 3.8) is 0 Å². The van der Waals surface area contributed by atoms with E-state index in [1.165, 1.54) is 250 Å². The van der Waals surface area contributed by atoms with Crippen molar-refractivity contribution in [1.29, 1.82) is 0 Å². The molecule has 5 unspecified atom stereocenters. The molecule has 0 bridgehead atoms. The molecule has 0 aliphatic rings. The summed E-state index contributed by atoms with van der Waals surface area (Å²) in [5.74, 6) is -1.55. The maximum Gasteiger partial charge on any atom is 0.472 e. The van der Waals surface area contributed by atoms with Crippen molar-refractivity contribution in [1.82, 2.24) is 0 Å². The number of allylic oxidation sites excluding steroid dienone is 32. The average Bonchev–Trinajstić information content (AvgIpc) is 0.899. The van der Waals surface area contributed by atoms with E-state index in [4.69, 9.17) is 32.3 Å². The van der Waals surface area contributed by atoms with Crippen molar-refractivity contribution in [2.24, 2.45) is 0 Å². The zero-order valence-electron chi connectivity index (χ0n) is 87.4. The van der Waals surface area contributed by atoms with Gasteiger partial charge in [-0.3, -0.25) is 32.5 Å². The first-order chi connectivity index (χ1) is 67.2. The summed E-state index contributed by atoms with van der Waals surface area (Å²) in [5.41, 5.74) is 0. The van der Waals surface area contributed by atoms with Crippen molar-refractivity contribution in [2.45, 2.75) is 501 Å². The number of aliphatic hydroxyl groups excluding tert-OH is 2. The van der Waals surface area contributed by atoms with Gasteiger partial charge in [-0.1, -0.05) is 498 Å². The smallest absolute Gasteiger partial charge is 0.463 e. The summed E-state index contributed by atoms with van der Waals surface area (Å²) in [6, 6.07) is 0. The molecule has 0 aliphatic carbocycles. The summed E-state index contributed by atoms with van der Waals surface area (Å²) in [6.45, 7) is 2.44. The van der Waals surface area contributed by atoms with Crippen LogP contribution in [-0.2, 0) is 55.8 Å². The van der Waals surface area contributed by atoms with Gasteiger partial charge >= 0.3 is 33.6 Å². The number of ether oxygens (including phenoxy) is 3. The van der Waals surface area contributed by atoms with E-state index in [-0.39, 0.29) is 19.3 Å². The van der Waals surface area contributed by atoms with Gasteiger partial charge in [0.15, 0.2) is 6.10 Å². The van der Waals surface area contributed by atoms with Crippen LogP contribution in [-0.4, -0.2) is 95.9 Å². The van der Waals surface area contributed by atoms with Gasteiger partial charge in [0.25, 0.3) is 0 Å². The quantitative estimate of drug-likeness (QED) is 0.0146. The third-order valence-electron chi connectivity index (χ3n) is 23.8. The van der Waals surface area contributed by atoms with Crippen LogP contribution in [0.25, 0.3) is 0 Å². The normalized spacial score (nSPS) is 14.3. The van der Waals surface area contributed by atoms with Crippen LogP contribution in [0.2, 0.25) is 0 Å². The van der Waals surface area contributed by atoms with E-state index < -0.39 is 91.5 Å². The Balaban J connectivity index is 4.60. The largest absolute Gasteiger partial charge is 0.472 e. The fraction of sp³-hybridized carbons (Fsp3) is 0.706. The van der Waals surface area contributed by atoms with Crippen molar-refractivity contribution in [3.8, 4) is 0 Å². The van der Waals surface area contributed by atoms with Crippen LogP contribution >= 0.6 is 15.6 Å². The first-order valence-electron chi connectivity index (χ1n) is 55.7. The molecule has 0 aliphatic heterocycles. The first-order valence-corrected chi connectivity index (χ1v) is 58.7. The van der Waals surface area contributed by atoms with Crippen molar-refractivity contribution >= 4 is 33.6 Å². The number of phosphoric ester groups is 2. The molecule has 4 N–H and O–H groups in total. The van der Waals surface area contributed by atoms with E-state index in [1.54, 1.807) is 0 Å². The Bertz CT molecular complexity index is 3270. The minimum Gasteiger partial charge on any atom is -0.463 e. The highest BCUT2D eigenvalue weighted by atomic mass is 31.2. The van der Waals surface area contributed by atoms with Crippen LogP contribution in [0, 0.1) is 0 Å². The number of carbonyl (C=O) groups is 3. The molecule has 0 radical (unpaired) electrons. The number of hydrogen-bond acceptors (Lipinski definition) is 14. The maximum absolute atomic E-state index is 13.2. The lowest BCUT2D eigenvalue weighted by Gasteiger charge is -2.21. The Morgan fingerprint density at radius 3 is 0.577 bits per heavy atom. The highest BCUT2D eigenvalue weighted by Crippen LogP contribution is 2.45. The molecule has 0 saturated heterocycles. The fourth-order valence-corrected chi connectivity index (χ4v) is 17.1. The minimum absolute atomic E-state index is 0.103. The molecule has 0 fully saturated rings. The Labute approximate surface area is 839 Å². The van der Waals surface area contributed by atoms with Gasteiger partial charge in [-0.15, -0.1) is 0 Å². The number of esters is 3. The molecular formula is C119H204O16P2. The van der Waals surface area contributed by atoms with E-state index in [0.717, 1.165) is 173 Å². The molecule has 0 aromatic heterocycles. The van der Waals surface area contributed by atoms with Gasteiger partial charge in [-0.25, -0.2) is 9.13 Å². The second-order valence-electron chi connectivity index (χ2n) is 37.0. The number of carbonyl (C=O) groups excluding carboxylic acids is 3. The minimum atomic E-state index is -4.95. The maximum atomic E-state index is 13.2. The van der Waals surface area contributed by atoms with Gasteiger partial charge in [0.2, 0.25) is 0 Å². The number of unbranched alkanes of at least 4 members (excludes halogenated alkanes) is 50. The lowest BCUT2D eigenvalue weighted by Crippen LogP contribution is -2.30. The Hall–Kier alpha value is -5.61. The van der Waals surface area contributed by atoms with Gasteiger partial charge in [0, 0.05) is 19.3 Å². The molecule has 0 spiro atoms. The van der Waals surface area contributed by atoms with Crippen LogP contribution in [0.3, 0.4) is 0 Å². The highest BCUT2D eigenvalue weighted by Gasteiger charge is 2.30. The number of phosphoric acid groups is 2. The van der Waals surface area contributed by atoms with Crippen LogP contribution in [0.15, 0.2) is 194 Å². The van der Waals surface area contributed by atoms with E-state index >= 15 is 0 Å². The molecule has 16 nitrogen and oxygen atoms in total. The second kappa shape index (κ2) is 109. The molecular weight excluding hydrogens is 1750 g/mol. The van der Waals surface area contributed by atoms with E-state index in [0.29, 0.717) is 19.3 Å². The SMILES string of the molecule is CC/C=C\C/C=C\C/C=C\C/C=C\C/C=C\C/C=C\CCCCCCCCCCCCCCCCC(=O)OCC(COP(=O)(O)OCC(O)COP(=O)(O)OCC(O)COC(=O)CCCCCCCCCCCCCCCCCCCCC/C=C\C/C=C\C/C=C\C/C=C\C/C=C\CC)OC(=O)CCCCCCCCCCCCCCCCCCC/C=C\C/C=C\C/C=C\C/C=C\C/C=C\CC. The first kappa shape index (κ1) is 131. The third-order valence-corrected chi connectivity index (χ3v) is 25.7. The molecule has 0 aromatic rings. The van der Waals surface area contributed by atoms with Gasteiger partial charge in [0.05, 0.1) is 26.4 Å². The molecule has 137 heavy (non-hydrogen) atoms. The lowest BCUT2D eigenvalue weighted by molar-refractivity contribution is -0.161. The lowest BCUT2D eigenvalue weighted by atomic mass is 10.0. The van der Waals surface area contributed by atoms with Crippen LogP contribution in [0.4, 0.5) is 0 Å². The van der Waals surface area contributed by atoms with Crippen LogP contribution < -0.4 is 0 Å². The summed E-state index contributed by atoms with van der Waals surface area (Å²) in [6.07, 6.45) is 148. The topological polar surface area (TPSA) is 231 Å². The number of aliphatic hydroxyl groups is 2. The molecule has 0 rings (SSSR count). The average molecular weight is 1950 g/mol. The zero-order valence-corrected chi connectivity index (χ0v) is 89.2. The van der Waals surface area contributed by atoms with Crippen LogP contribution in [0.5, 0.6) is 0 Å². The standard InChI is InChI=1S/C119H204O16P2/c1-4-7-10-13-16-19-22-25-28-31-34-37-40-43-46-49-52-55-56-59-61-63-66-69-72-75-78-81-84-87-90-93-96-99-102-105-117(122)129-108-114(120)109-131-136(125,126)132-110-115(121)111-133-137(127,128)134-113-116(135-119(124)107-104-101-98-95-92-89-86-83-80-77-74-71-68-65-62-58-54-51-48-45-42-39-36-33-30-27-24-21-18-15-12-9-6-3)112-130-118(123)106-103-100-97-94-91-88-85-82-79-76-73-70-67-64-60-57-53-50-47-44-41-38-35-32-29-26-23-20-17-14-11-8-5-2/h7-12,16-21,25-30,34-39,43-48,53,57,114-116,120-121H,4-6,13-15,22-24,31-33,40-42,49-52,54-56,58-113H2,1-3H3,(H,125,126)(H,127,128)/b10-7-,11-8-,12-9-,19-16-,20-17-,21-18-,28-25-,29-26-,30-27-,37-34-,38-35-,39-36-,46-43-,47-44-,48-45-,57-53-. The van der Waals surface area contributed by atoms with Gasteiger partial charge in [0.1, 0.15) is 25.4 Å². The van der Waals surface area contributed by atoms with Crippen molar-refractivity contribution < 1.29 is 75.8 Å². The molecule has 18 heteroatoms. The van der Waals surface area contributed by atoms with Crippen LogP contribution in [0.1, 0.15) is 483 Å². The summed E-state index contributed by atoms with van der Waals surface area (Å²) in [5, 5.41) is 20.8. The van der Waals surface area contributed by atoms with Gasteiger partial charge in [-0.2, -0.15) is 0 Å². The molecule has 5 atom stereocenters. The van der Waals surface area contributed by atoms with Crippen molar-refractivity contribution in [2.75, 3.05) is 39.6 Å². The van der Waals surface area contributed by atoms with E-state index in [1.807, 2.05) is 0 Å². The Morgan fingerprint density at radius 1 is 0.204 bits per heavy atom. The molecule has 0 aromatic carbocycles. The molecule has 0 saturated carbocycles. The molecule has 0 heterocycles. The highest BCUT2D eigenvalue weighted by molar-refractivity contribution is 7.47. The van der Waals surface area contributed by atoms with E-state index in [2.05, 4.69) is 215 Å². The number of hydrogen-bond donors (Lipinski definition) is 4. The van der Waals surface area contributed by atoms with E-state index in [9.17, 15) is 43.5 Å². The Morgan fingerprint density at radius 2 is 0.365 bits per heavy atom. The van der Waals surface area contributed by atoms with Crippen molar-refractivity contribution in [3.05, 3.63) is 194 Å². The number of rotatable bonds is 105. The van der Waals surface area contributed by atoms with Gasteiger partial charge < -0.3 is 34.2 Å². The predicted molar refractivity (Wildman–Crippen MR) is 583 cm³/mol. The van der Waals surface area contributed by atoms with Gasteiger partial charge in [-0.05, 0) is 161 Å². The predicted octanol–water partition coefficient (Wildman–Crippen LogP) is 36.0. The molecule has 0 amide bonds. The Kier molecular flexibility index (Phi) is 105. The molecule has 786 valence electrons. The zero-order chi connectivity index (χ0) is 99.2. The third kappa shape index (κ3) is 111. The monoisotopic (exact) mass is 1950 g/mol. The fourth-order valence-electron chi connectivity index (χ4n) is 15.5. The summed E-state index contributed by atoms with van der Waals surface area (Å²) in [7, 11) is -9.82. The summed E-state index contributed by atoms with van der Waals surface area (Å²) >= 11 is 0. The summed E-state index contributed by atoms with van der Waals surface area (Å²) < 4.78 is 61.9. The second-order valence-corrected chi connectivity index (χ2v) is 39.9. The summed E-state index contributed by atoms with van der Waals surface area (Å²) in [4.78, 5) is 59.4.